The molecule has 0 amide bonds. The number of nitriles is 1. The maximum atomic E-state index is 9.28. The average Bonchev–Trinajstić information content (AvgIpc) is 3.06. The molecule has 1 unspecified atom stereocenters. The lowest BCUT2D eigenvalue weighted by molar-refractivity contribution is 0.156. The molecule has 18 heavy (non-hydrogen) atoms. The molecule has 0 heterocycles. The van der Waals surface area contributed by atoms with Crippen molar-refractivity contribution in [3.63, 3.8) is 0 Å². The van der Waals surface area contributed by atoms with Gasteiger partial charge < -0.3 is 4.90 Å². The maximum Gasteiger partial charge on any atom is 0.104 e. The molecule has 0 saturated heterocycles. The van der Waals surface area contributed by atoms with E-state index in [0.29, 0.717) is 6.04 Å². The van der Waals surface area contributed by atoms with Crippen molar-refractivity contribution in [3.8, 4) is 6.07 Å². The van der Waals surface area contributed by atoms with Gasteiger partial charge in [-0.3, -0.25) is 5.32 Å². The Morgan fingerprint density at radius 1 is 1.28 bits per heavy atom. The lowest BCUT2D eigenvalue weighted by Crippen LogP contribution is -2.42. The van der Waals surface area contributed by atoms with E-state index in [4.69, 9.17) is 0 Å². The Morgan fingerprint density at radius 2 is 2.00 bits per heavy atom. The molecule has 2 saturated carbocycles. The molecule has 2 rings (SSSR count). The van der Waals surface area contributed by atoms with Gasteiger partial charge in [-0.1, -0.05) is 6.42 Å². The van der Waals surface area contributed by atoms with Crippen LogP contribution in [0, 0.1) is 11.3 Å². The molecule has 0 aromatic rings. The molecule has 0 aromatic heterocycles. The van der Waals surface area contributed by atoms with Gasteiger partial charge in [0.2, 0.25) is 0 Å². The van der Waals surface area contributed by atoms with Gasteiger partial charge >= 0.3 is 0 Å². The van der Waals surface area contributed by atoms with E-state index in [2.05, 4.69) is 30.3 Å². The summed E-state index contributed by atoms with van der Waals surface area (Å²) >= 11 is 0. The van der Waals surface area contributed by atoms with Crippen molar-refractivity contribution >= 4 is 0 Å². The third-order valence-corrected chi connectivity index (χ3v) is 4.48. The highest BCUT2D eigenvalue weighted by molar-refractivity contribution is 5.06. The van der Waals surface area contributed by atoms with Gasteiger partial charge in [-0.05, 0) is 65.5 Å². The number of rotatable bonds is 8. The fraction of sp³-hybridized carbons (Fsp3) is 0.933. The first kappa shape index (κ1) is 13.8. The average molecular weight is 249 g/mol. The zero-order valence-electron chi connectivity index (χ0n) is 11.9. The van der Waals surface area contributed by atoms with Crippen LogP contribution in [0.4, 0.5) is 0 Å². The van der Waals surface area contributed by atoms with Crippen molar-refractivity contribution in [3.05, 3.63) is 0 Å². The van der Waals surface area contributed by atoms with Gasteiger partial charge in [-0.25, -0.2) is 0 Å². The van der Waals surface area contributed by atoms with Crippen LogP contribution in [-0.4, -0.2) is 36.1 Å². The van der Waals surface area contributed by atoms with Gasteiger partial charge in [0.25, 0.3) is 0 Å². The van der Waals surface area contributed by atoms with Gasteiger partial charge in [0, 0.05) is 12.1 Å². The molecule has 0 aliphatic heterocycles. The van der Waals surface area contributed by atoms with Crippen molar-refractivity contribution in [2.24, 2.45) is 0 Å². The first-order valence-corrected chi connectivity index (χ1v) is 7.52. The van der Waals surface area contributed by atoms with Crippen molar-refractivity contribution in [2.75, 3.05) is 13.6 Å². The van der Waals surface area contributed by atoms with Gasteiger partial charge in [0.15, 0.2) is 0 Å². The summed E-state index contributed by atoms with van der Waals surface area (Å²) in [5.74, 6) is 0. The van der Waals surface area contributed by atoms with Crippen molar-refractivity contribution < 1.29 is 0 Å². The standard InChI is InChI=1S/C15H27N3/c1-15(12-16,17-13-8-9-13)10-3-4-11-18(2)14-6-5-7-14/h13-14,17H,3-11H2,1-2H3. The zero-order valence-corrected chi connectivity index (χ0v) is 11.9. The van der Waals surface area contributed by atoms with E-state index in [0.717, 1.165) is 18.9 Å². The maximum absolute atomic E-state index is 9.28. The molecule has 2 fully saturated rings. The lowest BCUT2D eigenvalue weighted by atomic mass is 9.91. The number of nitrogens with zero attached hydrogens (tertiary/aromatic N) is 2. The van der Waals surface area contributed by atoms with Gasteiger partial charge in [-0.2, -0.15) is 5.26 Å². The van der Waals surface area contributed by atoms with Gasteiger partial charge in [0.1, 0.15) is 5.54 Å². The third-order valence-electron chi connectivity index (χ3n) is 4.48. The minimum absolute atomic E-state index is 0.295. The fourth-order valence-electron chi connectivity index (χ4n) is 2.69. The van der Waals surface area contributed by atoms with Crippen LogP contribution >= 0.6 is 0 Å². The summed E-state index contributed by atoms with van der Waals surface area (Å²) in [7, 11) is 2.25. The normalized spacial score (nSPS) is 23.4. The van der Waals surface area contributed by atoms with Crippen LogP contribution in [-0.2, 0) is 0 Å². The van der Waals surface area contributed by atoms with Gasteiger partial charge in [0.05, 0.1) is 6.07 Å². The van der Waals surface area contributed by atoms with E-state index in [1.54, 1.807) is 0 Å². The Morgan fingerprint density at radius 3 is 2.50 bits per heavy atom. The molecule has 1 N–H and O–H groups in total. The molecule has 3 nitrogen and oxygen atoms in total. The Bertz CT molecular complexity index is 301. The summed E-state index contributed by atoms with van der Waals surface area (Å²) in [5, 5.41) is 12.8. The molecular formula is C15H27N3. The van der Waals surface area contributed by atoms with Crippen LogP contribution in [0.15, 0.2) is 0 Å². The topological polar surface area (TPSA) is 39.1 Å². The van der Waals surface area contributed by atoms with Crippen molar-refractivity contribution in [2.45, 2.75) is 75.9 Å². The second kappa shape index (κ2) is 6.04. The van der Waals surface area contributed by atoms with Crippen molar-refractivity contribution in [1.29, 1.82) is 5.26 Å². The summed E-state index contributed by atoms with van der Waals surface area (Å²) in [6, 6.07) is 3.92. The van der Waals surface area contributed by atoms with E-state index in [1.807, 2.05) is 0 Å². The molecule has 0 spiro atoms. The predicted octanol–water partition coefficient (Wildman–Crippen LogP) is 2.68. The van der Waals surface area contributed by atoms with E-state index in [9.17, 15) is 5.26 Å². The minimum atomic E-state index is -0.295. The number of unbranched alkanes of at least 4 members (excludes halogenated alkanes) is 1. The van der Waals surface area contributed by atoms with Crippen LogP contribution in [0.25, 0.3) is 0 Å². The molecular weight excluding hydrogens is 222 g/mol. The van der Waals surface area contributed by atoms with Crippen LogP contribution in [0.3, 0.4) is 0 Å². The first-order valence-electron chi connectivity index (χ1n) is 7.52. The molecule has 102 valence electrons. The molecule has 0 aromatic carbocycles. The quantitative estimate of drug-likeness (QED) is 0.672. The highest BCUT2D eigenvalue weighted by Crippen LogP contribution is 2.26. The third kappa shape index (κ3) is 3.96. The highest BCUT2D eigenvalue weighted by atomic mass is 15.1. The second-order valence-electron chi connectivity index (χ2n) is 6.38. The number of hydrogen-bond acceptors (Lipinski definition) is 3. The van der Waals surface area contributed by atoms with E-state index in [1.165, 1.54) is 45.1 Å². The Hall–Kier alpha value is -0.590. The molecule has 2 aliphatic rings. The van der Waals surface area contributed by atoms with Crippen LogP contribution in [0.5, 0.6) is 0 Å². The molecule has 1 atom stereocenters. The largest absolute Gasteiger partial charge is 0.303 e. The number of nitrogens with one attached hydrogen (secondary N) is 1. The SMILES string of the molecule is CN(CCCCC(C)(C#N)NC1CC1)C1CCC1. The fourth-order valence-corrected chi connectivity index (χ4v) is 2.69. The highest BCUT2D eigenvalue weighted by Gasteiger charge is 2.32. The van der Waals surface area contributed by atoms with E-state index >= 15 is 0 Å². The predicted molar refractivity (Wildman–Crippen MR) is 74.3 cm³/mol. The monoisotopic (exact) mass is 249 g/mol. The van der Waals surface area contributed by atoms with Gasteiger partial charge in [-0.15, -0.1) is 0 Å². The summed E-state index contributed by atoms with van der Waals surface area (Å²) < 4.78 is 0. The Kier molecular flexibility index (Phi) is 4.64. The van der Waals surface area contributed by atoms with Crippen molar-refractivity contribution in [1.82, 2.24) is 10.2 Å². The van der Waals surface area contributed by atoms with Crippen LogP contribution in [0.2, 0.25) is 0 Å². The summed E-state index contributed by atoms with van der Waals surface area (Å²) in [4.78, 5) is 2.50. The summed E-state index contributed by atoms with van der Waals surface area (Å²) in [6.45, 7) is 3.25. The Labute approximate surface area is 112 Å². The summed E-state index contributed by atoms with van der Waals surface area (Å²) in [5.41, 5.74) is -0.295. The molecule has 3 heteroatoms. The minimum Gasteiger partial charge on any atom is -0.303 e. The molecule has 2 aliphatic carbocycles. The van der Waals surface area contributed by atoms with E-state index < -0.39 is 0 Å². The smallest absolute Gasteiger partial charge is 0.104 e. The Balaban J connectivity index is 1.59. The second-order valence-corrected chi connectivity index (χ2v) is 6.38. The zero-order chi connectivity index (χ0) is 13.0. The first-order chi connectivity index (χ1) is 8.63. The van der Waals surface area contributed by atoms with E-state index in [-0.39, 0.29) is 5.54 Å². The van der Waals surface area contributed by atoms with Crippen LogP contribution < -0.4 is 5.32 Å². The van der Waals surface area contributed by atoms with Crippen LogP contribution in [0.1, 0.15) is 58.3 Å². The summed E-state index contributed by atoms with van der Waals surface area (Å²) in [6.07, 6.45) is 10.0. The molecule has 0 bridgehead atoms. The molecule has 0 radical (unpaired) electrons. The lowest BCUT2D eigenvalue weighted by Gasteiger charge is -2.35. The number of hydrogen-bond donors (Lipinski definition) is 1.